The number of H-pyrrole nitrogens is 1. The Bertz CT molecular complexity index is 669. The number of hydrogen-bond donors (Lipinski definition) is 3. The van der Waals surface area contributed by atoms with Crippen molar-refractivity contribution in [3.63, 3.8) is 0 Å². The Morgan fingerprint density at radius 2 is 2.04 bits per heavy atom. The molecule has 2 rings (SSSR count). The van der Waals surface area contributed by atoms with Crippen LogP contribution in [0.4, 0.5) is 13.2 Å². The summed E-state index contributed by atoms with van der Waals surface area (Å²) < 4.78 is 37.3. The molecule has 0 fully saturated rings. The normalized spacial score (nSPS) is 13.3. The van der Waals surface area contributed by atoms with Crippen molar-refractivity contribution in [2.75, 3.05) is 19.7 Å². The molecule has 0 aliphatic heterocycles. The molecule has 0 radical (unpaired) electrons. The lowest BCUT2D eigenvalue weighted by molar-refractivity contribution is -0.137. The molecule has 23 heavy (non-hydrogen) atoms. The first-order chi connectivity index (χ1) is 10.8. The lowest BCUT2D eigenvalue weighted by atomic mass is 10.1. The van der Waals surface area contributed by atoms with Gasteiger partial charge in [-0.3, -0.25) is 4.79 Å². The largest absolute Gasteiger partial charge is 0.394 e. The number of aromatic nitrogens is 1. The molecule has 1 heterocycles. The minimum atomic E-state index is -4.41. The van der Waals surface area contributed by atoms with Crippen molar-refractivity contribution in [3.05, 3.63) is 36.0 Å². The number of amides is 1. The predicted molar refractivity (Wildman–Crippen MR) is 78.0 cm³/mol. The van der Waals surface area contributed by atoms with E-state index in [2.05, 4.69) is 4.98 Å². The van der Waals surface area contributed by atoms with Crippen LogP contribution in [0.15, 0.2) is 30.5 Å². The second-order valence-corrected chi connectivity index (χ2v) is 5.20. The van der Waals surface area contributed by atoms with Gasteiger partial charge in [0.15, 0.2) is 0 Å². The van der Waals surface area contributed by atoms with E-state index in [1.54, 1.807) is 24.4 Å². The summed E-state index contributed by atoms with van der Waals surface area (Å²) in [5.41, 5.74) is 0.936. The number of fused-ring (bicyclic) bond motifs is 1. The molecule has 0 bridgehead atoms. The number of rotatable bonds is 6. The van der Waals surface area contributed by atoms with Gasteiger partial charge in [0.25, 0.3) is 5.91 Å². The number of halogens is 3. The molecule has 1 atom stereocenters. The Morgan fingerprint density at radius 1 is 1.30 bits per heavy atom. The van der Waals surface area contributed by atoms with Gasteiger partial charge in [-0.2, -0.15) is 13.2 Å². The van der Waals surface area contributed by atoms with Crippen LogP contribution in [-0.2, 0) is 0 Å². The summed E-state index contributed by atoms with van der Waals surface area (Å²) in [6.45, 7) is -1.59. The molecule has 0 aliphatic rings. The molecule has 0 unspecified atom stereocenters. The van der Waals surface area contributed by atoms with Gasteiger partial charge < -0.3 is 20.1 Å². The average molecular weight is 330 g/mol. The Kier molecular flexibility index (Phi) is 5.27. The van der Waals surface area contributed by atoms with E-state index >= 15 is 0 Å². The van der Waals surface area contributed by atoms with E-state index < -0.39 is 37.8 Å². The fourth-order valence-electron chi connectivity index (χ4n) is 2.29. The maximum Gasteiger partial charge on any atom is 0.390 e. The van der Waals surface area contributed by atoms with E-state index in [1.165, 1.54) is 6.07 Å². The molecular formula is C15H17F3N2O3. The second-order valence-electron chi connectivity index (χ2n) is 5.20. The Hall–Kier alpha value is -2.06. The van der Waals surface area contributed by atoms with Gasteiger partial charge in [0, 0.05) is 35.8 Å². The summed E-state index contributed by atoms with van der Waals surface area (Å²) in [6.07, 6.45) is -5.26. The third-order valence-electron chi connectivity index (χ3n) is 3.42. The number of nitrogens with zero attached hydrogens (tertiary/aromatic N) is 1. The van der Waals surface area contributed by atoms with E-state index in [1.807, 2.05) is 0 Å². The quantitative estimate of drug-likeness (QED) is 0.757. The second kappa shape index (κ2) is 7.01. The lowest BCUT2D eigenvalue weighted by Gasteiger charge is -2.25. The molecule has 5 nitrogen and oxygen atoms in total. The van der Waals surface area contributed by atoms with Crippen molar-refractivity contribution in [1.82, 2.24) is 9.88 Å². The van der Waals surface area contributed by atoms with E-state index in [4.69, 9.17) is 5.11 Å². The maximum atomic E-state index is 12.6. The number of carbonyl (C=O) groups is 1. The van der Waals surface area contributed by atoms with Crippen molar-refractivity contribution in [2.24, 2.45) is 0 Å². The Balaban J connectivity index is 2.26. The highest BCUT2D eigenvalue weighted by Crippen LogP contribution is 2.23. The number of alkyl halides is 3. The van der Waals surface area contributed by atoms with Crippen LogP contribution in [0.25, 0.3) is 10.9 Å². The van der Waals surface area contributed by atoms with Crippen molar-refractivity contribution in [3.8, 4) is 0 Å². The fourth-order valence-corrected chi connectivity index (χ4v) is 2.29. The summed E-state index contributed by atoms with van der Waals surface area (Å²) in [6, 6.07) is 6.54. The number of hydrogen-bond acceptors (Lipinski definition) is 3. The molecule has 1 aromatic heterocycles. The number of aliphatic hydroxyl groups excluding tert-OH is 2. The van der Waals surface area contributed by atoms with Gasteiger partial charge in [0.1, 0.15) is 0 Å². The van der Waals surface area contributed by atoms with Crippen molar-refractivity contribution in [1.29, 1.82) is 0 Å². The minimum absolute atomic E-state index is 0.246. The molecular weight excluding hydrogens is 313 g/mol. The summed E-state index contributed by atoms with van der Waals surface area (Å²) in [4.78, 5) is 16.4. The molecule has 1 aromatic carbocycles. The van der Waals surface area contributed by atoms with Gasteiger partial charge in [-0.15, -0.1) is 0 Å². The molecule has 8 heteroatoms. The first kappa shape index (κ1) is 17.3. The molecule has 2 aromatic rings. The Morgan fingerprint density at radius 3 is 2.70 bits per heavy atom. The van der Waals surface area contributed by atoms with Crippen LogP contribution in [0, 0.1) is 0 Å². The van der Waals surface area contributed by atoms with Crippen LogP contribution in [0.5, 0.6) is 0 Å². The monoisotopic (exact) mass is 330 g/mol. The maximum absolute atomic E-state index is 12.6. The summed E-state index contributed by atoms with van der Waals surface area (Å²) in [5.74, 6) is -0.619. The zero-order valence-corrected chi connectivity index (χ0v) is 12.2. The first-order valence-corrected chi connectivity index (χ1v) is 7.03. The zero-order chi connectivity index (χ0) is 17.0. The number of aliphatic hydroxyl groups is 2. The molecule has 126 valence electrons. The minimum Gasteiger partial charge on any atom is -0.394 e. The summed E-state index contributed by atoms with van der Waals surface area (Å²) in [7, 11) is 0. The van der Waals surface area contributed by atoms with Gasteiger partial charge in [-0.25, -0.2) is 0 Å². The zero-order valence-electron chi connectivity index (χ0n) is 12.2. The van der Waals surface area contributed by atoms with Crippen LogP contribution in [0.3, 0.4) is 0 Å². The van der Waals surface area contributed by atoms with Crippen LogP contribution >= 0.6 is 0 Å². The Labute approximate surface area is 130 Å². The van der Waals surface area contributed by atoms with Crippen molar-refractivity contribution >= 4 is 16.8 Å². The smallest absolute Gasteiger partial charge is 0.390 e. The number of aromatic amines is 1. The lowest BCUT2D eigenvalue weighted by Crippen LogP contribution is -2.40. The summed E-state index contributed by atoms with van der Waals surface area (Å²) in [5, 5.41) is 19.0. The predicted octanol–water partition coefficient (Wildman–Crippen LogP) is 1.92. The standard InChI is InChI=1S/C15H17F3N2O3/c16-15(17,18)5-7-20(8-10(22)9-21)14(23)12-2-1-3-13-11(12)4-6-19-13/h1-4,6,10,19,21-22H,5,7-9H2/t10-/m0/s1. The van der Waals surface area contributed by atoms with Crippen LogP contribution < -0.4 is 0 Å². The molecule has 0 spiro atoms. The molecule has 0 aliphatic carbocycles. The van der Waals surface area contributed by atoms with Gasteiger partial charge in [-0.1, -0.05) is 6.07 Å². The van der Waals surface area contributed by atoms with E-state index in [9.17, 15) is 23.1 Å². The third-order valence-corrected chi connectivity index (χ3v) is 3.42. The van der Waals surface area contributed by atoms with Gasteiger partial charge in [0.05, 0.1) is 19.1 Å². The van der Waals surface area contributed by atoms with E-state index in [-0.39, 0.29) is 12.1 Å². The highest BCUT2D eigenvalue weighted by atomic mass is 19.4. The molecule has 3 N–H and O–H groups in total. The number of nitrogens with one attached hydrogen (secondary N) is 1. The average Bonchev–Trinajstić information content (AvgIpc) is 2.97. The van der Waals surface area contributed by atoms with Gasteiger partial charge >= 0.3 is 6.18 Å². The van der Waals surface area contributed by atoms with Crippen molar-refractivity contribution < 1.29 is 28.2 Å². The summed E-state index contributed by atoms with van der Waals surface area (Å²) >= 11 is 0. The van der Waals surface area contributed by atoms with Gasteiger partial charge in [0.2, 0.25) is 0 Å². The van der Waals surface area contributed by atoms with E-state index in [0.29, 0.717) is 10.9 Å². The topological polar surface area (TPSA) is 76.6 Å². The molecule has 1 amide bonds. The van der Waals surface area contributed by atoms with Crippen LogP contribution in [0.1, 0.15) is 16.8 Å². The van der Waals surface area contributed by atoms with E-state index in [0.717, 1.165) is 4.90 Å². The molecule has 0 saturated heterocycles. The number of benzene rings is 1. The number of carbonyl (C=O) groups excluding carboxylic acids is 1. The third kappa shape index (κ3) is 4.46. The van der Waals surface area contributed by atoms with Crippen molar-refractivity contribution in [2.45, 2.75) is 18.7 Å². The SMILES string of the molecule is O=C(c1cccc2[nH]ccc12)N(CCC(F)(F)F)C[C@H](O)CO. The highest BCUT2D eigenvalue weighted by molar-refractivity contribution is 6.06. The van der Waals surface area contributed by atoms with Crippen LogP contribution in [0.2, 0.25) is 0 Å². The first-order valence-electron chi connectivity index (χ1n) is 7.03. The van der Waals surface area contributed by atoms with Crippen LogP contribution in [-0.4, -0.2) is 58.0 Å². The fraction of sp³-hybridized carbons (Fsp3) is 0.400. The molecule has 0 saturated carbocycles. The van der Waals surface area contributed by atoms with Gasteiger partial charge in [-0.05, 0) is 18.2 Å². The highest BCUT2D eigenvalue weighted by Gasteiger charge is 2.30.